The number of amides is 3. The molecule has 3 aliphatic heterocycles. The maximum Gasteiger partial charge on any atom is 0.416 e. The second kappa shape index (κ2) is 9.14. The van der Waals surface area contributed by atoms with Crippen molar-refractivity contribution in [3.63, 3.8) is 0 Å². The number of carbonyl (C=O) groups excluding carboxylic acids is 3. The molecule has 0 spiro atoms. The van der Waals surface area contributed by atoms with E-state index in [-0.39, 0.29) is 21.4 Å². The Kier molecular flexibility index (Phi) is 5.96. The first-order chi connectivity index (χ1) is 18.6. The standard InChI is InChI=1S/C28H18Cl2F3N3O3/c29-16-8-9-19(30)20(13-16)36-26(38)21-22(27(36)39)24(35-11-10-14-4-1-2-7-18(14)23(21)35)25(37)34-17-6-3-5-15(12-17)28(31,32)33/h1-13,21-24H,(H,34,37)/t21-,22-,23-,24+/m0/s1. The maximum atomic E-state index is 13.9. The molecule has 3 aliphatic rings. The molecule has 1 N–H and O–H groups in total. The van der Waals surface area contributed by atoms with Crippen molar-refractivity contribution < 1.29 is 27.6 Å². The zero-order valence-electron chi connectivity index (χ0n) is 19.8. The molecule has 3 heterocycles. The molecule has 11 heteroatoms. The third kappa shape index (κ3) is 4.08. The highest BCUT2D eigenvalue weighted by atomic mass is 35.5. The lowest BCUT2D eigenvalue weighted by Crippen LogP contribution is -2.46. The Morgan fingerprint density at radius 3 is 2.41 bits per heavy atom. The number of alkyl halides is 3. The van der Waals surface area contributed by atoms with Gasteiger partial charge in [-0.15, -0.1) is 0 Å². The van der Waals surface area contributed by atoms with Crippen molar-refractivity contribution in [1.82, 2.24) is 4.90 Å². The molecule has 4 atom stereocenters. The van der Waals surface area contributed by atoms with Gasteiger partial charge in [0.25, 0.3) is 0 Å². The van der Waals surface area contributed by atoms with Crippen LogP contribution < -0.4 is 10.2 Å². The molecule has 3 aromatic carbocycles. The summed E-state index contributed by atoms with van der Waals surface area (Å²) in [7, 11) is 0. The van der Waals surface area contributed by atoms with Gasteiger partial charge in [0.2, 0.25) is 17.7 Å². The van der Waals surface area contributed by atoms with Crippen LogP contribution in [-0.2, 0) is 20.6 Å². The Balaban J connectivity index is 1.43. The highest BCUT2D eigenvalue weighted by molar-refractivity contribution is 6.38. The third-order valence-corrected chi connectivity index (χ3v) is 7.89. The average Bonchev–Trinajstić information content (AvgIpc) is 3.37. The molecule has 0 aliphatic carbocycles. The van der Waals surface area contributed by atoms with Gasteiger partial charge >= 0.3 is 6.18 Å². The normalized spacial score (nSPS) is 23.5. The van der Waals surface area contributed by atoms with Crippen LogP contribution in [0.1, 0.15) is 22.7 Å². The first kappa shape index (κ1) is 25.5. The Morgan fingerprint density at radius 2 is 1.64 bits per heavy atom. The predicted octanol–water partition coefficient (Wildman–Crippen LogP) is 6.17. The molecular weight excluding hydrogens is 554 g/mol. The monoisotopic (exact) mass is 571 g/mol. The van der Waals surface area contributed by atoms with Crippen molar-refractivity contribution in [2.24, 2.45) is 11.8 Å². The summed E-state index contributed by atoms with van der Waals surface area (Å²) >= 11 is 12.5. The summed E-state index contributed by atoms with van der Waals surface area (Å²) in [5, 5.41) is 2.93. The number of hydrogen-bond acceptors (Lipinski definition) is 4. The Hall–Kier alpha value is -3.82. The number of fused-ring (bicyclic) bond motifs is 5. The van der Waals surface area contributed by atoms with Crippen molar-refractivity contribution in [2.45, 2.75) is 18.3 Å². The molecule has 0 radical (unpaired) electrons. The summed E-state index contributed by atoms with van der Waals surface area (Å²) in [6.07, 6.45) is -1.18. The Morgan fingerprint density at radius 1 is 0.897 bits per heavy atom. The van der Waals surface area contributed by atoms with E-state index >= 15 is 0 Å². The first-order valence-electron chi connectivity index (χ1n) is 11.9. The molecule has 3 aromatic rings. The summed E-state index contributed by atoms with van der Waals surface area (Å²) in [4.78, 5) is 44.1. The van der Waals surface area contributed by atoms with E-state index in [1.807, 2.05) is 18.2 Å². The summed E-state index contributed by atoms with van der Waals surface area (Å²) < 4.78 is 39.8. The fraction of sp³-hybridized carbons (Fsp3) is 0.179. The Bertz CT molecular complexity index is 1570. The van der Waals surface area contributed by atoms with Crippen molar-refractivity contribution in [3.05, 3.63) is 99.7 Å². The number of carbonyl (C=O) groups is 3. The van der Waals surface area contributed by atoms with Gasteiger partial charge in [-0.2, -0.15) is 13.2 Å². The number of nitrogens with zero attached hydrogens (tertiary/aromatic N) is 2. The van der Waals surface area contributed by atoms with Gasteiger partial charge in [-0.3, -0.25) is 14.4 Å². The van der Waals surface area contributed by atoms with Crippen LogP contribution in [0.4, 0.5) is 24.5 Å². The number of hydrogen-bond donors (Lipinski definition) is 1. The fourth-order valence-corrected chi connectivity index (χ4v) is 6.11. The van der Waals surface area contributed by atoms with Gasteiger partial charge in [-0.05, 0) is 53.6 Å². The SMILES string of the molecule is O=C(Nc1cccc(C(F)(F)F)c1)[C@H]1[C@H]2C(=O)N(c3cc(Cl)ccc3Cl)C(=O)[C@@H]2[C@@H]2c3ccccc3C=CN12. The second-order valence-electron chi connectivity index (χ2n) is 9.51. The van der Waals surface area contributed by atoms with Gasteiger partial charge in [0, 0.05) is 16.9 Å². The van der Waals surface area contributed by atoms with E-state index in [0.717, 1.165) is 28.2 Å². The lowest BCUT2D eigenvalue weighted by molar-refractivity contribution is -0.137. The molecule has 39 heavy (non-hydrogen) atoms. The summed E-state index contributed by atoms with van der Waals surface area (Å²) in [6.45, 7) is 0. The molecule has 0 saturated carbocycles. The smallest absolute Gasteiger partial charge is 0.357 e. The van der Waals surface area contributed by atoms with Gasteiger partial charge < -0.3 is 10.2 Å². The second-order valence-corrected chi connectivity index (χ2v) is 10.4. The van der Waals surface area contributed by atoms with Crippen LogP contribution in [0.25, 0.3) is 6.08 Å². The van der Waals surface area contributed by atoms with Crippen LogP contribution in [0.15, 0.2) is 72.9 Å². The van der Waals surface area contributed by atoms with Crippen LogP contribution in [-0.4, -0.2) is 28.7 Å². The van der Waals surface area contributed by atoms with Crippen molar-refractivity contribution in [1.29, 1.82) is 0 Å². The van der Waals surface area contributed by atoms with Crippen LogP contribution in [0.5, 0.6) is 0 Å². The van der Waals surface area contributed by atoms with Crippen LogP contribution in [0.3, 0.4) is 0 Å². The summed E-state index contributed by atoms with van der Waals surface area (Å²) in [5.41, 5.74) is 0.683. The minimum atomic E-state index is -4.60. The van der Waals surface area contributed by atoms with Gasteiger partial charge in [-0.1, -0.05) is 53.5 Å². The van der Waals surface area contributed by atoms with Crippen LogP contribution in [0, 0.1) is 11.8 Å². The fourth-order valence-electron chi connectivity index (χ4n) is 5.74. The number of halogens is 5. The summed E-state index contributed by atoms with van der Waals surface area (Å²) in [5.74, 6) is -3.96. The number of benzene rings is 3. The predicted molar refractivity (Wildman–Crippen MR) is 140 cm³/mol. The number of anilines is 2. The lowest BCUT2D eigenvalue weighted by Gasteiger charge is -2.35. The molecule has 0 aromatic heterocycles. The van der Waals surface area contributed by atoms with Crippen molar-refractivity contribution in [3.8, 4) is 0 Å². The van der Waals surface area contributed by atoms with Crippen molar-refractivity contribution >= 4 is 58.4 Å². The van der Waals surface area contributed by atoms with Crippen LogP contribution in [0.2, 0.25) is 10.0 Å². The van der Waals surface area contributed by atoms with Gasteiger partial charge in [0.1, 0.15) is 6.04 Å². The highest BCUT2D eigenvalue weighted by Gasteiger charge is 2.64. The van der Waals surface area contributed by atoms with E-state index < -0.39 is 53.4 Å². The molecule has 3 amide bonds. The number of nitrogens with one attached hydrogen (secondary N) is 1. The average molecular weight is 572 g/mol. The zero-order chi connectivity index (χ0) is 27.6. The lowest BCUT2D eigenvalue weighted by atomic mass is 9.84. The van der Waals surface area contributed by atoms with E-state index in [1.165, 1.54) is 30.3 Å². The van der Waals surface area contributed by atoms with E-state index in [9.17, 15) is 27.6 Å². The van der Waals surface area contributed by atoms with Gasteiger partial charge in [-0.25, -0.2) is 4.90 Å². The van der Waals surface area contributed by atoms with E-state index in [4.69, 9.17) is 23.2 Å². The quantitative estimate of drug-likeness (QED) is 0.382. The molecule has 6 rings (SSSR count). The largest absolute Gasteiger partial charge is 0.416 e. The van der Waals surface area contributed by atoms with E-state index in [2.05, 4.69) is 5.32 Å². The van der Waals surface area contributed by atoms with Crippen molar-refractivity contribution in [2.75, 3.05) is 10.2 Å². The summed E-state index contributed by atoms with van der Waals surface area (Å²) in [6, 6.07) is 14.1. The van der Waals surface area contributed by atoms with Gasteiger partial charge in [0.05, 0.1) is 34.2 Å². The number of imide groups is 1. The molecule has 198 valence electrons. The molecule has 0 unspecified atom stereocenters. The first-order valence-corrected chi connectivity index (χ1v) is 12.7. The van der Waals surface area contributed by atoms with E-state index in [1.54, 1.807) is 23.2 Å². The highest BCUT2D eigenvalue weighted by Crippen LogP contribution is 2.54. The molecule has 2 fully saturated rings. The van der Waals surface area contributed by atoms with Gasteiger partial charge in [0.15, 0.2) is 0 Å². The number of rotatable bonds is 3. The van der Waals surface area contributed by atoms with Crippen LogP contribution >= 0.6 is 23.2 Å². The zero-order valence-corrected chi connectivity index (χ0v) is 21.3. The minimum Gasteiger partial charge on any atom is -0.357 e. The molecular formula is C28H18Cl2F3N3O3. The Labute approximate surface area is 230 Å². The van der Waals surface area contributed by atoms with E-state index in [0.29, 0.717) is 0 Å². The molecule has 0 bridgehead atoms. The minimum absolute atomic E-state index is 0.0808. The third-order valence-electron chi connectivity index (χ3n) is 7.34. The molecule has 6 nitrogen and oxygen atoms in total. The maximum absolute atomic E-state index is 13.9. The molecule has 2 saturated heterocycles. The topological polar surface area (TPSA) is 69.7 Å².